The zero-order chi connectivity index (χ0) is 20.4. The molecule has 0 atom stereocenters. The van der Waals surface area contributed by atoms with Crippen LogP contribution in [0.5, 0.6) is 0 Å². The minimum atomic E-state index is -0.421. The van der Waals surface area contributed by atoms with Gasteiger partial charge >= 0.3 is 5.97 Å². The molecule has 0 aliphatic carbocycles. The van der Waals surface area contributed by atoms with E-state index in [1.165, 1.54) is 13.2 Å². The van der Waals surface area contributed by atoms with E-state index in [-0.39, 0.29) is 17.7 Å². The van der Waals surface area contributed by atoms with Crippen LogP contribution in [0.2, 0.25) is 0 Å². The van der Waals surface area contributed by atoms with Crippen molar-refractivity contribution in [3.05, 3.63) is 70.4 Å². The number of aromatic nitrogens is 1. The Labute approximate surface area is 167 Å². The number of rotatable bonds is 5. The van der Waals surface area contributed by atoms with Gasteiger partial charge in [0.25, 0.3) is 11.1 Å². The van der Waals surface area contributed by atoms with Crippen LogP contribution in [0, 0.1) is 13.8 Å². The van der Waals surface area contributed by atoms with Gasteiger partial charge in [0.2, 0.25) is 0 Å². The Morgan fingerprint density at radius 3 is 2.64 bits per heavy atom. The van der Waals surface area contributed by atoms with Crippen LogP contribution in [0.15, 0.2) is 47.9 Å². The van der Waals surface area contributed by atoms with E-state index in [1.807, 2.05) is 36.6 Å². The van der Waals surface area contributed by atoms with Crippen molar-refractivity contribution in [3.8, 4) is 5.69 Å². The quantitative estimate of drug-likeness (QED) is 0.432. The Morgan fingerprint density at radius 2 is 1.96 bits per heavy atom. The number of thioether (sulfide) groups is 1. The monoisotopic (exact) mass is 396 g/mol. The second-order valence-corrected chi connectivity index (χ2v) is 7.24. The molecule has 1 aliphatic heterocycles. The zero-order valence-electron chi connectivity index (χ0n) is 15.9. The summed E-state index contributed by atoms with van der Waals surface area (Å²) >= 11 is 0.915. The predicted molar refractivity (Wildman–Crippen MR) is 109 cm³/mol. The molecule has 0 saturated carbocycles. The molecule has 0 radical (unpaired) electrons. The molecule has 0 N–H and O–H groups in total. The lowest BCUT2D eigenvalue weighted by atomic mass is 10.1. The van der Waals surface area contributed by atoms with Gasteiger partial charge in [0, 0.05) is 17.9 Å². The molecule has 1 aliphatic rings. The Morgan fingerprint density at radius 1 is 1.25 bits per heavy atom. The van der Waals surface area contributed by atoms with Gasteiger partial charge in [-0.3, -0.25) is 14.5 Å². The molecule has 2 amide bonds. The smallest absolute Gasteiger partial charge is 0.339 e. The van der Waals surface area contributed by atoms with Crippen molar-refractivity contribution in [1.82, 2.24) is 9.47 Å². The summed E-state index contributed by atoms with van der Waals surface area (Å²) in [4.78, 5) is 38.2. The number of hydrogen-bond donors (Lipinski definition) is 0. The molecule has 7 heteroatoms. The first-order chi connectivity index (χ1) is 13.4. The normalized spacial score (nSPS) is 15.4. The van der Waals surface area contributed by atoms with E-state index < -0.39 is 5.97 Å². The predicted octanol–water partition coefficient (Wildman–Crippen LogP) is 4.10. The number of aryl methyl sites for hydroxylation is 1. The van der Waals surface area contributed by atoms with E-state index in [0.717, 1.165) is 33.6 Å². The number of esters is 1. The van der Waals surface area contributed by atoms with Crippen LogP contribution in [0.1, 0.15) is 27.3 Å². The summed E-state index contributed by atoms with van der Waals surface area (Å²) in [5.74, 6) is -0.746. The van der Waals surface area contributed by atoms with Crippen molar-refractivity contribution in [2.75, 3.05) is 13.7 Å². The van der Waals surface area contributed by atoms with E-state index in [2.05, 4.69) is 6.58 Å². The highest BCUT2D eigenvalue weighted by Gasteiger charge is 2.34. The molecular formula is C21H20N2O4S. The molecule has 6 nitrogen and oxygen atoms in total. The van der Waals surface area contributed by atoms with Gasteiger partial charge in [0.1, 0.15) is 0 Å². The number of para-hydroxylation sites is 1. The van der Waals surface area contributed by atoms with Crippen molar-refractivity contribution < 1.29 is 19.1 Å². The minimum Gasteiger partial charge on any atom is -0.465 e. The maximum Gasteiger partial charge on any atom is 0.339 e. The number of hydrogen-bond acceptors (Lipinski definition) is 5. The summed E-state index contributed by atoms with van der Waals surface area (Å²) in [5.41, 5.74) is 3.70. The molecule has 1 aromatic heterocycles. The Balaban J connectivity index is 2.06. The molecule has 144 valence electrons. The number of imide groups is 1. The lowest BCUT2D eigenvalue weighted by Crippen LogP contribution is -2.27. The number of carbonyl (C=O) groups excluding carboxylic acids is 3. The van der Waals surface area contributed by atoms with E-state index in [4.69, 9.17) is 4.74 Å². The van der Waals surface area contributed by atoms with Crippen LogP contribution in [-0.2, 0) is 9.53 Å². The molecule has 3 rings (SSSR count). The van der Waals surface area contributed by atoms with Crippen LogP contribution < -0.4 is 0 Å². The summed E-state index contributed by atoms with van der Waals surface area (Å²) in [6.45, 7) is 7.59. The standard InChI is InChI=1S/C21H20N2O4S/c1-5-10-22-19(24)18(28-21(22)26)12-15-11-13(2)23(14(15)3)17-9-7-6-8-16(17)20(25)27-4/h5-9,11-12H,1,10H2,2-4H3/b18-12+. The van der Waals surface area contributed by atoms with Crippen LogP contribution in [-0.4, -0.2) is 40.2 Å². The molecule has 28 heavy (non-hydrogen) atoms. The molecule has 1 fully saturated rings. The highest BCUT2D eigenvalue weighted by atomic mass is 32.2. The molecule has 0 spiro atoms. The third-order valence-corrected chi connectivity index (χ3v) is 5.40. The van der Waals surface area contributed by atoms with Gasteiger partial charge in [-0.1, -0.05) is 18.2 Å². The van der Waals surface area contributed by atoms with Crippen LogP contribution in [0.4, 0.5) is 4.79 Å². The minimum absolute atomic E-state index is 0.188. The van der Waals surface area contributed by atoms with Crippen molar-refractivity contribution in [1.29, 1.82) is 0 Å². The van der Waals surface area contributed by atoms with Crippen molar-refractivity contribution in [2.24, 2.45) is 0 Å². The number of methoxy groups -OCH3 is 1. The van der Waals surface area contributed by atoms with Gasteiger partial charge in [0.15, 0.2) is 0 Å². The van der Waals surface area contributed by atoms with Crippen molar-refractivity contribution in [2.45, 2.75) is 13.8 Å². The van der Waals surface area contributed by atoms with Gasteiger partial charge in [-0.15, -0.1) is 6.58 Å². The molecular weight excluding hydrogens is 376 g/mol. The summed E-state index contributed by atoms with van der Waals surface area (Å²) in [7, 11) is 1.35. The first-order valence-corrected chi connectivity index (χ1v) is 9.43. The van der Waals surface area contributed by atoms with Gasteiger partial charge in [-0.05, 0) is 55.4 Å². The van der Waals surface area contributed by atoms with Crippen LogP contribution in [0.25, 0.3) is 11.8 Å². The van der Waals surface area contributed by atoms with Crippen LogP contribution in [0.3, 0.4) is 0 Å². The van der Waals surface area contributed by atoms with Crippen LogP contribution >= 0.6 is 11.8 Å². The fourth-order valence-electron chi connectivity index (χ4n) is 3.18. The molecule has 0 unspecified atom stereocenters. The number of nitrogens with zero attached hydrogens (tertiary/aromatic N) is 2. The highest BCUT2D eigenvalue weighted by Crippen LogP contribution is 2.34. The topological polar surface area (TPSA) is 68.6 Å². The van der Waals surface area contributed by atoms with Crippen molar-refractivity contribution in [3.63, 3.8) is 0 Å². The fourth-order valence-corrected chi connectivity index (χ4v) is 4.02. The summed E-state index contributed by atoms with van der Waals surface area (Å²) in [6, 6.07) is 9.10. The first-order valence-electron chi connectivity index (χ1n) is 8.62. The average molecular weight is 396 g/mol. The Bertz CT molecular complexity index is 1020. The third-order valence-electron chi connectivity index (χ3n) is 4.49. The second-order valence-electron chi connectivity index (χ2n) is 6.25. The maximum absolute atomic E-state index is 12.5. The second kappa shape index (κ2) is 7.90. The molecule has 2 aromatic rings. The molecule has 1 aromatic carbocycles. The van der Waals surface area contributed by atoms with Gasteiger partial charge in [-0.2, -0.15) is 0 Å². The largest absolute Gasteiger partial charge is 0.465 e. The molecule has 1 saturated heterocycles. The zero-order valence-corrected chi connectivity index (χ0v) is 16.7. The summed E-state index contributed by atoms with van der Waals surface area (Å²) in [6.07, 6.45) is 3.24. The highest BCUT2D eigenvalue weighted by molar-refractivity contribution is 8.18. The van der Waals surface area contributed by atoms with Gasteiger partial charge in [-0.25, -0.2) is 4.79 Å². The number of benzene rings is 1. The van der Waals surface area contributed by atoms with Crippen molar-refractivity contribution >= 4 is 35.0 Å². The fraction of sp³-hybridized carbons (Fsp3) is 0.190. The summed E-state index contributed by atoms with van der Waals surface area (Å²) in [5, 5.41) is -0.305. The number of amides is 2. The van der Waals surface area contributed by atoms with E-state index in [9.17, 15) is 14.4 Å². The third kappa shape index (κ3) is 3.41. The van der Waals surface area contributed by atoms with E-state index in [1.54, 1.807) is 18.2 Å². The Kier molecular flexibility index (Phi) is 5.56. The van der Waals surface area contributed by atoms with Gasteiger partial charge < -0.3 is 9.30 Å². The lowest BCUT2D eigenvalue weighted by Gasteiger charge is -2.13. The van der Waals surface area contributed by atoms with Gasteiger partial charge in [0.05, 0.1) is 23.3 Å². The Hall–Kier alpha value is -3.06. The number of carbonyl (C=O) groups is 3. The molecule has 2 heterocycles. The molecule has 0 bridgehead atoms. The maximum atomic E-state index is 12.5. The lowest BCUT2D eigenvalue weighted by molar-refractivity contribution is -0.122. The summed E-state index contributed by atoms with van der Waals surface area (Å²) < 4.78 is 6.83. The number of ether oxygens (including phenoxy) is 1. The average Bonchev–Trinajstić information content (AvgIpc) is 3.11. The SMILES string of the molecule is C=CCN1C(=O)S/C(=C/c2cc(C)n(-c3ccccc3C(=O)OC)c2C)C1=O. The van der Waals surface area contributed by atoms with E-state index >= 15 is 0 Å². The van der Waals surface area contributed by atoms with E-state index in [0.29, 0.717) is 16.2 Å². The first kappa shape index (κ1) is 19.7.